The van der Waals surface area contributed by atoms with Gasteiger partial charge in [-0.15, -0.1) is 0 Å². The van der Waals surface area contributed by atoms with Crippen molar-refractivity contribution >= 4 is 34.6 Å². The van der Waals surface area contributed by atoms with Crippen molar-refractivity contribution in [3.63, 3.8) is 0 Å². The molecule has 0 unspecified atom stereocenters. The van der Waals surface area contributed by atoms with E-state index in [2.05, 4.69) is 24.5 Å². The highest BCUT2D eigenvalue weighted by Crippen LogP contribution is 2.40. The predicted molar refractivity (Wildman–Crippen MR) is 144 cm³/mol. The van der Waals surface area contributed by atoms with E-state index < -0.39 is 0 Å². The van der Waals surface area contributed by atoms with Crippen LogP contribution in [0.5, 0.6) is 11.5 Å². The Morgan fingerprint density at radius 3 is 2.56 bits per heavy atom. The number of benzene rings is 2. The topological polar surface area (TPSA) is 56.1 Å². The van der Waals surface area contributed by atoms with E-state index in [4.69, 9.17) is 14.5 Å². The number of nitrogens with zero attached hydrogens (tertiary/aromatic N) is 3. The summed E-state index contributed by atoms with van der Waals surface area (Å²) in [6, 6.07) is 18.2. The van der Waals surface area contributed by atoms with Crippen LogP contribution in [0, 0.1) is 13.8 Å². The van der Waals surface area contributed by atoms with E-state index >= 15 is 0 Å². The summed E-state index contributed by atoms with van der Waals surface area (Å²) in [4.78, 5) is 21.3. The molecule has 6 rings (SSSR count). The quantitative estimate of drug-likeness (QED) is 0.372. The Labute approximate surface area is 215 Å². The van der Waals surface area contributed by atoms with Crippen molar-refractivity contribution in [1.29, 1.82) is 0 Å². The van der Waals surface area contributed by atoms with Gasteiger partial charge in [-0.3, -0.25) is 9.69 Å². The maximum atomic E-state index is 13.7. The second-order valence-corrected chi connectivity index (χ2v) is 10.5. The molecule has 0 bridgehead atoms. The number of thioether (sulfide) groups is 1. The molecule has 1 saturated carbocycles. The highest BCUT2D eigenvalue weighted by atomic mass is 32.2. The van der Waals surface area contributed by atoms with Gasteiger partial charge in [0.1, 0.15) is 0 Å². The zero-order chi connectivity index (χ0) is 24.6. The summed E-state index contributed by atoms with van der Waals surface area (Å²) < 4.78 is 13.2. The second-order valence-electron chi connectivity index (χ2n) is 9.51. The number of carbonyl (C=O) groups excluding carboxylic acids is 1. The standard InChI is InChI=1S/C29H29N3O3S/c1-19-15-21(20(2)31(19)24-13-14-25-26(17-24)35-18-34-25)16-27-28(33)32(23-11-7-4-8-12-23)29(36-27)30-22-9-5-3-6-10-22/h3,5-6,9-10,13-17,23H,4,7-8,11-12,18H2,1-2H3/b27-16+,30-29?. The molecular formula is C29H29N3O3S. The van der Waals surface area contributed by atoms with Crippen molar-refractivity contribution < 1.29 is 14.3 Å². The molecule has 0 atom stereocenters. The largest absolute Gasteiger partial charge is 0.454 e. The lowest BCUT2D eigenvalue weighted by molar-refractivity contribution is -0.124. The maximum Gasteiger partial charge on any atom is 0.267 e. The first-order valence-corrected chi connectivity index (χ1v) is 13.4. The van der Waals surface area contributed by atoms with Gasteiger partial charge in [-0.2, -0.15) is 0 Å². The Morgan fingerprint density at radius 1 is 0.972 bits per heavy atom. The van der Waals surface area contributed by atoms with E-state index in [1.54, 1.807) is 0 Å². The Balaban J connectivity index is 1.36. The molecule has 2 aromatic carbocycles. The summed E-state index contributed by atoms with van der Waals surface area (Å²) in [5, 5.41) is 0.786. The highest BCUT2D eigenvalue weighted by molar-refractivity contribution is 8.18. The first-order chi connectivity index (χ1) is 17.6. The number of amidine groups is 1. The van der Waals surface area contributed by atoms with Crippen molar-refractivity contribution in [3.8, 4) is 17.2 Å². The van der Waals surface area contributed by atoms with E-state index in [1.165, 1.54) is 18.2 Å². The molecule has 1 amide bonds. The fourth-order valence-electron chi connectivity index (χ4n) is 5.34. The number of fused-ring (bicyclic) bond motifs is 1. The fraction of sp³-hybridized carbons (Fsp3) is 0.310. The molecule has 1 aliphatic carbocycles. The summed E-state index contributed by atoms with van der Waals surface area (Å²) in [6.07, 6.45) is 7.66. The number of para-hydroxylation sites is 1. The molecule has 1 aromatic heterocycles. The van der Waals surface area contributed by atoms with Crippen LogP contribution < -0.4 is 9.47 Å². The van der Waals surface area contributed by atoms with Gasteiger partial charge in [-0.05, 0) is 80.4 Å². The van der Waals surface area contributed by atoms with Gasteiger partial charge in [0.05, 0.1) is 10.6 Å². The molecule has 0 N–H and O–H groups in total. The number of aryl methyl sites for hydroxylation is 1. The van der Waals surface area contributed by atoms with Crippen LogP contribution in [-0.2, 0) is 4.79 Å². The van der Waals surface area contributed by atoms with Crippen LogP contribution in [-0.4, -0.2) is 33.4 Å². The van der Waals surface area contributed by atoms with Crippen molar-refractivity contribution in [2.75, 3.05) is 6.79 Å². The van der Waals surface area contributed by atoms with Crippen LogP contribution in [0.15, 0.2) is 64.5 Å². The van der Waals surface area contributed by atoms with Gasteiger partial charge in [-0.1, -0.05) is 37.5 Å². The molecule has 7 heteroatoms. The van der Waals surface area contributed by atoms with Gasteiger partial charge < -0.3 is 14.0 Å². The van der Waals surface area contributed by atoms with Gasteiger partial charge in [0.2, 0.25) is 6.79 Å². The fourth-order valence-corrected chi connectivity index (χ4v) is 6.39. The van der Waals surface area contributed by atoms with Crippen molar-refractivity contribution in [1.82, 2.24) is 9.47 Å². The lowest BCUT2D eigenvalue weighted by Crippen LogP contribution is -2.40. The first-order valence-electron chi connectivity index (χ1n) is 12.5. The number of amides is 1. The number of rotatable bonds is 4. The van der Waals surface area contributed by atoms with Crippen molar-refractivity contribution in [2.45, 2.75) is 52.0 Å². The molecule has 2 aliphatic heterocycles. The van der Waals surface area contributed by atoms with Crippen LogP contribution in [0.3, 0.4) is 0 Å². The van der Waals surface area contributed by atoms with E-state index in [1.807, 2.05) is 59.5 Å². The third kappa shape index (κ3) is 4.22. The third-order valence-corrected chi connectivity index (χ3v) is 8.11. The van der Waals surface area contributed by atoms with Crippen LogP contribution in [0.4, 0.5) is 5.69 Å². The van der Waals surface area contributed by atoms with Gasteiger partial charge in [0.15, 0.2) is 16.7 Å². The Hall–Kier alpha value is -3.45. The number of carbonyl (C=O) groups is 1. The number of hydrogen-bond acceptors (Lipinski definition) is 5. The number of aromatic nitrogens is 1. The second kappa shape index (κ2) is 9.54. The summed E-state index contributed by atoms with van der Waals surface area (Å²) >= 11 is 1.49. The minimum absolute atomic E-state index is 0.0643. The number of hydrogen-bond donors (Lipinski definition) is 0. The highest BCUT2D eigenvalue weighted by Gasteiger charge is 2.38. The number of ether oxygens (including phenoxy) is 2. The lowest BCUT2D eigenvalue weighted by Gasteiger charge is -2.30. The average Bonchev–Trinajstić information content (AvgIpc) is 3.56. The van der Waals surface area contributed by atoms with E-state index in [-0.39, 0.29) is 18.7 Å². The first kappa shape index (κ1) is 23.0. The van der Waals surface area contributed by atoms with Gasteiger partial charge in [0.25, 0.3) is 5.91 Å². The Bertz CT molecular complexity index is 1370. The number of aliphatic imine (C=N–C) groups is 1. The minimum atomic E-state index is 0.0643. The van der Waals surface area contributed by atoms with Crippen LogP contribution >= 0.6 is 11.8 Å². The predicted octanol–water partition coefficient (Wildman–Crippen LogP) is 6.76. The molecule has 184 valence electrons. The van der Waals surface area contributed by atoms with Crippen LogP contribution in [0.25, 0.3) is 11.8 Å². The zero-order valence-corrected chi connectivity index (χ0v) is 21.4. The van der Waals surface area contributed by atoms with Gasteiger partial charge in [0, 0.05) is 29.2 Å². The Kier molecular flexibility index (Phi) is 6.09. The van der Waals surface area contributed by atoms with Crippen molar-refractivity contribution in [3.05, 3.63) is 76.5 Å². The summed E-state index contributed by atoms with van der Waals surface area (Å²) in [5.74, 6) is 1.59. The molecule has 0 radical (unpaired) electrons. The molecule has 2 fully saturated rings. The van der Waals surface area contributed by atoms with Crippen LogP contribution in [0.2, 0.25) is 0 Å². The monoisotopic (exact) mass is 499 g/mol. The maximum absolute atomic E-state index is 13.7. The smallest absolute Gasteiger partial charge is 0.267 e. The lowest BCUT2D eigenvalue weighted by atomic mass is 9.94. The molecule has 0 spiro atoms. The van der Waals surface area contributed by atoms with E-state index in [0.29, 0.717) is 0 Å². The normalized spacial score (nSPS) is 20.2. The van der Waals surface area contributed by atoms with Crippen LogP contribution in [0.1, 0.15) is 49.1 Å². The van der Waals surface area contributed by atoms with Crippen molar-refractivity contribution in [2.24, 2.45) is 4.99 Å². The SMILES string of the molecule is Cc1cc(/C=C2/SC(=Nc3ccccc3)N(C3CCCCC3)C2=O)c(C)n1-c1ccc2c(c1)OCO2. The molecule has 36 heavy (non-hydrogen) atoms. The Morgan fingerprint density at radius 2 is 1.75 bits per heavy atom. The van der Waals surface area contributed by atoms with Gasteiger partial charge >= 0.3 is 0 Å². The zero-order valence-electron chi connectivity index (χ0n) is 20.6. The summed E-state index contributed by atoms with van der Waals surface area (Å²) in [5.41, 5.74) is 5.08. The summed E-state index contributed by atoms with van der Waals surface area (Å²) in [6.45, 7) is 4.43. The molecule has 3 aliphatic rings. The molecule has 3 heterocycles. The molecule has 3 aromatic rings. The van der Waals surface area contributed by atoms with E-state index in [0.717, 1.165) is 75.6 Å². The molecule has 1 saturated heterocycles. The average molecular weight is 500 g/mol. The third-order valence-electron chi connectivity index (χ3n) is 7.13. The summed E-state index contributed by atoms with van der Waals surface area (Å²) in [7, 11) is 0. The molecule has 6 nitrogen and oxygen atoms in total. The minimum Gasteiger partial charge on any atom is -0.454 e. The molecular weight excluding hydrogens is 470 g/mol. The van der Waals surface area contributed by atoms with Gasteiger partial charge in [-0.25, -0.2) is 4.99 Å². The van der Waals surface area contributed by atoms with E-state index in [9.17, 15) is 4.79 Å².